The zero-order chi connectivity index (χ0) is 35.1. The van der Waals surface area contributed by atoms with Crippen molar-refractivity contribution in [3.05, 3.63) is 12.2 Å². The van der Waals surface area contributed by atoms with Crippen molar-refractivity contribution in [2.24, 2.45) is 0 Å². The number of carbonyl (C=O) groups is 2. The van der Waals surface area contributed by atoms with E-state index >= 15 is 0 Å². The highest BCUT2D eigenvalue weighted by Crippen LogP contribution is 2.43. The molecule has 2 atom stereocenters. The molecule has 0 aromatic carbocycles. The van der Waals surface area contributed by atoms with Gasteiger partial charge in [0.2, 0.25) is 0 Å². The quantitative estimate of drug-likeness (QED) is 0.0234. The molecule has 0 aliphatic rings. The van der Waals surface area contributed by atoms with Gasteiger partial charge in [-0.3, -0.25) is 18.6 Å². The summed E-state index contributed by atoms with van der Waals surface area (Å²) in [5.41, 5.74) is 0. The molecule has 0 bridgehead atoms. The topological polar surface area (TPSA) is 108 Å². The van der Waals surface area contributed by atoms with Crippen molar-refractivity contribution >= 4 is 19.8 Å². The number of rotatable bonds is 34. The number of likely N-dealkylation sites (N-methyl/N-ethyl adjacent to an activating group) is 1. The number of hydrogen-bond acceptors (Lipinski definition) is 7. The first-order valence-corrected chi connectivity index (χ1v) is 20.4. The highest BCUT2D eigenvalue weighted by Gasteiger charge is 2.27. The lowest BCUT2D eigenvalue weighted by Crippen LogP contribution is -2.37. The van der Waals surface area contributed by atoms with Crippen molar-refractivity contribution in [2.45, 2.75) is 168 Å². The predicted octanol–water partition coefficient (Wildman–Crippen LogP) is 9.85. The molecule has 0 aromatic rings. The summed E-state index contributed by atoms with van der Waals surface area (Å²) in [6, 6.07) is 0. The SMILES string of the molecule is CCCC/C=C/CCCCCCCC(=O)OC[C@H](COP(=O)(O)OCC[N+](C)(C)C)OC(=O)CCCCCCCCCCCCCC. The number of unbranched alkanes of at least 4 members (excludes halogenated alkanes) is 18. The molecule has 0 amide bonds. The number of quaternary nitrogens is 1. The molecular weight excluding hydrogens is 617 g/mol. The fourth-order valence-corrected chi connectivity index (χ4v) is 5.74. The lowest BCUT2D eigenvalue weighted by Gasteiger charge is -2.24. The summed E-state index contributed by atoms with van der Waals surface area (Å²) in [6.45, 7) is 4.36. The summed E-state index contributed by atoms with van der Waals surface area (Å²) >= 11 is 0. The third kappa shape index (κ3) is 34.4. The van der Waals surface area contributed by atoms with Gasteiger partial charge < -0.3 is 18.9 Å². The van der Waals surface area contributed by atoms with Crippen molar-refractivity contribution in [3.63, 3.8) is 0 Å². The van der Waals surface area contributed by atoms with Gasteiger partial charge in [0.25, 0.3) is 0 Å². The van der Waals surface area contributed by atoms with Gasteiger partial charge in [0.05, 0.1) is 27.7 Å². The first kappa shape index (κ1) is 45.8. The molecule has 10 heteroatoms. The van der Waals surface area contributed by atoms with Crippen LogP contribution in [0.15, 0.2) is 12.2 Å². The van der Waals surface area contributed by atoms with Gasteiger partial charge in [-0.05, 0) is 32.1 Å². The molecule has 0 rings (SSSR count). The summed E-state index contributed by atoms with van der Waals surface area (Å²) in [5.74, 6) is -0.807. The lowest BCUT2D eigenvalue weighted by atomic mass is 10.0. The molecule has 9 nitrogen and oxygen atoms in total. The lowest BCUT2D eigenvalue weighted by molar-refractivity contribution is -0.870. The van der Waals surface area contributed by atoms with Gasteiger partial charge in [-0.15, -0.1) is 0 Å². The Kier molecular flexibility index (Phi) is 30.0. The maximum absolute atomic E-state index is 12.6. The number of ether oxygens (including phenoxy) is 2. The molecule has 0 spiro atoms. The van der Waals surface area contributed by atoms with Gasteiger partial charge in [-0.2, -0.15) is 0 Å². The monoisotopic (exact) mass is 691 g/mol. The maximum atomic E-state index is 12.6. The molecule has 0 fully saturated rings. The number of nitrogens with zero attached hydrogens (tertiary/aromatic N) is 1. The minimum Gasteiger partial charge on any atom is -0.462 e. The third-order valence-corrected chi connectivity index (χ3v) is 9.03. The van der Waals surface area contributed by atoms with E-state index in [-0.39, 0.29) is 32.0 Å². The number of phosphoric acid groups is 1. The predicted molar refractivity (Wildman–Crippen MR) is 192 cm³/mol. The Morgan fingerprint density at radius 3 is 1.64 bits per heavy atom. The highest BCUT2D eigenvalue weighted by atomic mass is 31.2. The Bertz CT molecular complexity index is 830. The molecule has 278 valence electrons. The van der Waals surface area contributed by atoms with Gasteiger partial charge in [0.15, 0.2) is 6.10 Å². The Labute approximate surface area is 288 Å². The average molecular weight is 691 g/mol. The molecule has 1 N–H and O–H groups in total. The van der Waals surface area contributed by atoms with Crippen LogP contribution in [0.5, 0.6) is 0 Å². The molecule has 47 heavy (non-hydrogen) atoms. The van der Waals surface area contributed by atoms with Crippen molar-refractivity contribution in [1.82, 2.24) is 0 Å². The van der Waals surface area contributed by atoms with Crippen LogP contribution in [0.3, 0.4) is 0 Å². The zero-order valence-corrected chi connectivity index (χ0v) is 31.9. The van der Waals surface area contributed by atoms with Crippen LogP contribution in [0.2, 0.25) is 0 Å². The van der Waals surface area contributed by atoms with Crippen molar-refractivity contribution < 1.29 is 42.1 Å². The number of hydrogen-bond donors (Lipinski definition) is 1. The molecule has 0 saturated heterocycles. The van der Waals surface area contributed by atoms with Gasteiger partial charge >= 0.3 is 19.8 Å². The fourth-order valence-electron chi connectivity index (χ4n) is 4.99. The molecule has 0 saturated carbocycles. The minimum absolute atomic E-state index is 0.0331. The van der Waals surface area contributed by atoms with Crippen LogP contribution in [0.4, 0.5) is 0 Å². The van der Waals surface area contributed by atoms with Crippen LogP contribution in [-0.2, 0) is 32.7 Å². The van der Waals surface area contributed by atoms with Gasteiger partial charge in [0.1, 0.15) is 19.8 Å². The summed E-state index contributed by atoms with van der Waals surface area (Å²) in [4.78, 5) is 35.1. The fraction of sp³-hybridized carbons (Fsp3) is 0.892. The molecule has 0 heterocycles. The Balaban J connectivity index is 4.45. The van der Waals surface area contributed by atoms with Gasteiger partial charge in [0, 0.05) is 12.8 Å². The Morgan fingerprint density at radius 2 is 1.11 bits per heavy atom. The van der Waals surface area contributed by atoms with Crippen LogP contribution in [-0.4, -0.2) is 74.9 Å². The third-order valence-electron chi connectivity index (χ3n) is 8.05. The molecular formula is C37H73NO8P+. The number of allylic oxidation sites excluding steroid dienone is 2. The molecule has 1 unspecified atom stereocenters. The maximum Gasteiger partial charge on any atom is 0.472 e. The van der Waals surface area contributed by atoms with Crippen LogP contribution in [0.1, 0.15) is 162 Å². The highest BCUT2D eigenvalue weighted by molar-refractivity contribution is 7.47. The standard InChI is InChI=1S/C37H72NO8P/c1-6-8-10-12-14-16-18-20-22-24-26-28-30-37(40)46-35(34-45-47(41,42)44-32-31-38(3,4)5)33-43-36(39)29-27-25-23-21-19-17-15-13-11-9-7-2/h13,15,35H,6-12,14,16-34H2,1-5H3/p+1/b15-13+/t35-/m1/s1. The number of phosphoric ester groups is 1. The second-order valence-corrected chi connectivity index (χ2v) is 15.4. The van der Waals surface area contributed by atoms with E-state index < -0.39 is 26.5 Å². The average Bonchev–Trinajstić information content (AvgIpc) is 3.01. The summed E-state index contributed by atoms with van der Waals surface area (Å²) in [7, 11) is 1.48. The Hall–Kier alpha value is -1.25. The van der Waals surface area contributed by atoms with Crippen molar-refractivity contribution in [3.8, 4) is 0 Å². The first-order chi connectivity index (χ1) is 22.5. The van der Waals surface area contributed by atoms with E-state index in [4.69, 9.17) is 18.5 Å². The minimum atomic E-state index is -4.36. The molecule has 0 aromatic heterocycles. The second-order valence-electron chi connectivity index (χ2n) is 14.0. The normalized spacial score (nSPS) is 13.9. The Morgan fingerprint density at radius 1 is 0.638 bits per heavy atom. The molecule has 0 radical (unpaired) electrons. The van der Waals surface area contributed by atoms with E-state index in [0.717, 1.165) is 57.8 Å². The van der Waals surface area contributed by atoms with E-state index in [1.165, 1.54) is 70.6 Å². The van der Waals surface area contributed by atoms with Gasteiger partial charge in [-0.25, -0.2) is 4.57 Å². The second kappa shape index (κ2) is 30.8. The van der Waals surface area contributed by atoms with Crippen molar-refractivity contribution in [2.75, 3.05) is 47.5 Å². The molecule has 0 aliphatic carbocycles. The van der Waals surface area contributed by atoms with Gasteiger partial charge in [-0.1, -0.05) is 129 Å². The largest absolute Gasteiger partial charge is 0.472 e. The number of esters is 2. The zero-order valence-electron chi connectivity index (χ0n) is 31.0. The smallest absolute Gasteiger partial charge is 0.462 e. The van der Waals surface area contributed by atoms with Crippen LogP contribution in [0.25, 0.3) is 0 Å². The van der Waals surface area contributed by atoms with E-state index in [1.807, 2.05) is 21.1 Å². The summed E-state index contributed by atoms with van der Waals surface area (Å²) in [6.07, 6.45) is 28.3. The summed E-state index contributed by atoms with van der Waals surface area (Å²) < 4.78 is 34.1. The van der Waals surface area contributed by atoms with Crippen LogP contribution in [0, 0.1) is 0 Å². The van der Waals surface area contributed by atoms with E-state index in [2.05, 4.69) is 26.0 Å². The van der Waals surface area contributed by atoms with Crippen LogP contribution >= 0.6 is 7.82 Å². The first-order valence-electron chi connectivity index (χ1n) is 18.9. The number of carbonyl (C=O) groups excluding carboxylic acids is 2. The van der Waals surface area contributed by atoms with E-state index in [1.54, 1.807) is 0 Å². The van der Waals surface area contributed by atoms with E-state index in [0.29, 0.717) is 17.4 Å². The molecule has 0 aliphatic heterocycles. The van der Waals surface area contributed by atoms with Crippen LogP contribution < -0.4 is 0 Å². The van der Waals surface area contributed by atoms with Crippen molar-refractivity contribution in [1.29, 1.82) is 0 Å². The summed E-state index contributed by atoms with van der Waals surface area (Å²) in [5, 5.41) is 0. The van der Waals surface area contributed by atoms with E-state index in [9.17, 15) is 19.0 Å².